The summed E-state index contributed by atoms with van der Waals surface area (Å²) in [5, 5.41) is 19.3. The number of methoxy groups -OCH3 is 1. The molecule has 0 saturated heterocycles. The number of halogens is 2. The maximum Gasteiger partial charge on any atom is 0.175 e. The van der Waals surface area contributed by atoms with Crippen molar-refractivity contribution in [3.8, 4) is 23.6 Å². The van der Waals surface area contributed by atoms with Crippen LogP contribution in [0.4, 0.5) is 0 Å². The molecular formula is C24H16BrClN2O2. The molecule has 4 nitrogen and oxygen atoms in total. The average Bonchev–Trinajstić information content (AvgIpc) is 2.77. The van der Waals surface area contributed by atoms with E-state index < -0.39 is 0 Å². The number of benzene rings is 3. The second kappa shape index (κ2) is 9.98. The highest BCUT2D eigenvalue weighted by molar-refractivity contribution is 9.10. The van der Waals surface area contributed by atoms with Crippen molar-refractivity contribution in [1.29, 1.82) is 10.5 Å². The smallest absolute Gasteiger partial charge is 0.175 e. The minimum Gasteiger partial charge on any atom is -0.493 e. The number of nitrogens with zero attached hydrogens (tertiary/aromatic N) is 2. The molecule has 0 atom stereocenters. The summed E-state index contributed by atoms with van der Waals surface area (Å²) in [7, 11) is 1.55. The van der Waals surface area contributed by atoms with Crippen LogP contribution in [0.3, 0.4) is 0 Å². The lowest BCUT2D eigenvalue weighted by Crippen LogP contribution is -1.99. The van der Waals surface area contributed by atoms with Crippen LogP contribution in [0.15, 0.2) is 65.1 Å². The van der Waals surface area contributed by atoms with E-state index in [1.54, 1.807) is 43.5 Å². The molecule has 0 aromatic heterocycles. The third kappa shape index (κ3) is 5.02. The van der Waals surface area contributed by atoms with Crippen LogP contribution >= 0.6 is 27.5 Å². The van der Waals surface area contributed by atoms with E-state index in [1.165, 1.54) is 0 Å². The molecule has 0 spiro atoms. The first kappa shape index (κ1) is 21.5. The second-order valence-corrected chi connectivity index (χ2v) is 7.54. The molecule has 6 heteroatoms. The van der Waals surface area contributed by atoms with Gasteiger partial charge in [0.05, 0.1) is 34.9 Å². The van der Waals surface area contributed by atoms with Gasteiger partial charge in [0.25, 0.3) is 0 Å². The predicted molar refractivity (Wildman–Crippen MR) is 121 cm³/mol. The summed E-state index contributed by atoms with van der Waals surface area (Å²) in [6.07, 6.45) is 1.74. The van der Waals surface area contributed by atoms with Gasteiger partial charge >= 0.3 is 0 Å². The maximum atomic E-state index is 9.61. The molecule has 0 aliphatic rings. The van der Waals surface area contributed by atoms with Crippen molar-refractivity contribution < 1.29 is 9.47 Å². The van der Waals surface area contributed by atoms with Crippen molar-refractivity contribution in [1.82, 2.24) is 0 Å². The summed E-state index contributed by atoms with van der Waals surface area (Å²) in [6.45, 7) is 0.286. The summed E-state index contributed by atoms with van der Waals surface area (Å²) in [5.74, 6) is 1.06. The van der Waals surface area contributed by atoms with Crippen LogP contribution in [0.5, 0.6) is 11.5 Å². The third-order valence-electron chi connectivity index (χ3n) is 4.32. The van der Waals surface area contributed by atoms with Gasteiger partial charge in [0.2, 0.25) is 0 Å². The van der Waals surface area contributed by atoms with E-state index in [0.29, 0.717) is 37.7 Å². The van der Waals surface area contributed by atoms with Crippen LogP contribution in [0, 0.1) is 22.7 Å². The van der Waals surface area contributed by atoms with Gasteiger partial charge in [-0.15, -0.1) is 0 Å². The monoisotopic (exact) mass is 478 g/mol. The predicted octanol–water partition coefficient (Wildman–Crippen LogP) is 6.63. The summed E-state index contributed by atoms with van der Waals surface area (Å²) in [4.78, 5) is 0. The largest absolute Gasteiger partial charge is 0.493 e. The van der Waals surface area contributed by atoms with Crippen molar-refractivity contribution >= 4 is 39.2 Å². The molecule has 3 rings (SSSR count). The van der Waals surface area contributed by atoms with Crippen LogP contribution in [-0.2, 0) is 6.61 Å². The molecule has 0 amide bonds. The van der Waals surface area contributed by atoms with E-state index in [9.17, 15) is 5.26 Å². The van der Waals surface area contributed by atoms with Gasteiger partial charge in [-0.2, -0.15) is 10.5 Å². The molecule has 0 aliphatic heterocycles. The lowest BCUT2D eigenvalue weighted by atomic mass is 10.0. The third-order valence-corrected chi connectivity index (χ3v) is 5.27. The summed E-state index contributed by atoms with van der Waals surface area (Å²) < 4.78 is 12.1. The van der Waals surface area contributed by atoms with Crippen LogP contribution in [0.1, 0.15) is 22.3 Å². The Bertz CT molecular complexity index is 1190. The van der Waals surface area contributed by atoms with E-state index in [1.807, 2.05) is 30.3 Å². The molecule has 0 bridgehead atoms. The van der Waals surface area contributed by atoms with Gasteiger partial charge in [0.15, 0.2) is 11.5 Å². The first-order chi connectivity index (χ1) is 14.5. The zero-order valence-corrected chi connectivity index (χ0v) is 18.4. The first-order valence-corrected chi connectivity index (χ1v) is 10.1. The fourth-order valence-corrected chi connectivity index (χ4v) is 3.60. The van der Waals surface area contributed by atoms with Crippen molar-refractivity contribution in [3.63, 3.8) is 0 Å². The highest BCUT2D eigenvalue weighted by atomic mass is 79.9. The zero-order valence-electron chi connectivity index (χ0n) is 16.0. The number of hydrogen-bond acceptors (Lipinski definition) is 4. The SMILES string of the molecule is COc1cc(/C=C(/C#N)c2cccc(C#N)c2)cc(Br)c1OCc1ccccc1Cl. The summed E-state index contributed by atoms with van der Waals surface area (Å²) >= 11 is 9.73. The lowest BCUT2D eigenvalue weighted by molar-refractivity contribution is 0.282. The normalized spacial score (nSPS) is 10.8. The molecule has 148 valence electrons. The molecule has 30 heavy (non-hydrogen) atoms. The van der Waals surface area contributed by atoms with E-state index in [2.05, 4.69) is 28.1 Å². The minimum absolute atomic E-state index is 0.286. The molecule has 0 radical (unpaired) electrons. The number of rotatable bonds is 6. The van der Waals surface area contributed by atoms with Gasteiger partial charge in [-0.25, -0.2) is 0 Å². The van der Waals surface area contributed by atoms with E-state index in [4.69, 9.17) is 26.3 Å². The number of ether oxygens (including phenoxy) is 2. The quantitative estimate of drug-likeness (QED) is 0.294. The Kier molecular flexibility index (Phi) is 7.14. The van der Waals surface area contributed by atoms with Crippen molar-refractivity contribution in [2.24, 2.45) is 0 Å². The Balaban J connectivity index is 1.92. The Labute approximate surface area is 188 Å². The van der Waals surface area contributed by atoms with Gasteiger partial charge in [0.1, 0.15) is 6.61 Å². The summed E-state index contributed by atoms with van der Waals surface area (Å²) in [5.41, 5.74) is 3.22. The molecular weight excluding hydrogens is 464 g/mol. The van der Waals surface area contributed by atoms with Crippen LogP contribution in [0.2, 0.25) is 5.02 Å². The molecule has 0 aliphatic carbocycles. The topological polar surface area (TPSA) is 66.0 Å². The maximum absolute atomic E-state index is 9.61. The standard InChI is InChI=1S/C24H16BrClN2O2/c1-29-23-12-17(10-20(14-28)18-7-4-5-16(9-18)13-27)11-21(25)24(23)30-15-19-6-2-3-8-22(19)26/h2-12H,15H2,1H3/b20-10-. The molecule has 0 N–H and O–H groups in total. The van der Waals surface area contributed by atoms with Crippen molar-refractivity contribution in [2.75, 3.05) is 7.11 Å². The van der Waals surface area contributed by atoms with Crippen LogP contribution in [-0.4, -0.2) is 7.11 Å². The number of hydrogen-bond donors (Lipinski definition) is 0. The lowest BCUT2D eigenvalue weighted by Gasteiger charge is -2.14. The Morgan fingerprint density at radius 3 is 2.60 bits per heavy atom. The molecule has 0 unspecified atom stereocenters. The Morgan fingerprint density at radius 2 is 1.90 bits per heavy atom. The molecule has 3 aromatic rings. The zero-order chi connectivity index (χ0) is 21.5. The molecule has 0 heterocycles. The Morgan fingerprint density at radius 1 is 1.10 bits per heavy atom. The highest BCUT2D eigenvalue weighted by Crippen LogP contribution is 2.38. The molecule has 0 fully saturated rings. The number of nitriles is 2. The van der Waals surface area contributed by atoms with Gasteiger partial charge in [-0.05, 0) is 63.5 Å². The molecule has 0 saturated carbocycles. The minimum atomic E-state index is 0.286. The average molecular weight is 480 g/mol. The van der Waals surface area contributed by atoms with Gasteiger partial charge in [-0.3, -0.25) is 0 Å². The van der Waals surface area contributed by atoms with Crippen molar-refractivity contribution in [2.45, 2.75) is 6.61 Å². The van der Waals surface area contributed by atoms with Crippen LogP contribution < -0.4 is 9.47 Å². The fourth-order valence-electron chi connectivity index (χ4n) is 2.83. The second-order valence-electron chi connectivity index (χ2n) is 6.28. The highest BCUT2D eigenvalue weighted by Gasteiger charge is 2.13. The van der Waals surface area contributed by atoms with Crippen LogP contribution in [0.25, 0.3) is 11.6 Å². The van der Waals surface area contributed by atoms with Gasteiger partial charge in [0, 0.05) is 10.6 Å². The van der Waals surface area contributed by atoms with E-state index >= 15 is 0 Å². The first-order valence-electron chi connectivity index (χ1n) is 8.91. The number of allylic oxidation sites excluding steroid dienone is 1. The van der Waals surface area contributed by atoms with Crippen molar-refractivity contribution in [3.05, 3.63) is 92.4 Å². The fraction of sp³-hybridized carbons (Fsp3) is 0.0833. The van der Waals surface area contributed by atoms with Gasteiger partial charge < -0.3 is 9.47 Å². The van der Waals surface area contributed by atoms with E-state index in [0.717, 1.165) is 11.1 Å². The van der Waals surface area contributed by atoms with Gasteiger partial charge in [-0.1, -0.05) is 41.9 Å². The Hall–Kier alpha value is -3.25. The molecule has 3 aromatic carbocycles. The summed E-state index contributed by atoms with van der Waals surface area (Å²) in [6, 6.07) is 22.3. The van der Waals surface area contributed by atoms with E-state index in [-0.39, 0.29) is 6.61 Å².